The summed E-state index contributed by atoms with van der Waals surface area (Å²) in [5.41, 5.74) is 1.68. The van der Waals surface area contributed by atoms with E-state index in [9.17, 15) is 0 Å². The van der Waals surface area contributed by atoms with Crippen LogP contribution in [0.25, 0.3) is 17.0 Å². The Balaban J connectivity index is 1.70. The van der Waals surface area contributed by atoms with Crippen LogP contribution in [0.4, 0.5) is 0 Å². The fourth-order valence-electron chi connectivity index (χ4n) is 2.59. The molecule has 2 aromatic carbocycles. The van der Waals surface area contributed by atoms with Crippen molar-refractivity contribution in [2.75, 3.05) is 14.2 Å². The van der Waals surface area contributed by atoms with Crippen LogP contribution in [0.1, 0.15) is 0 Å². The Morgan fingerprint density at radius 2 is 1.65 bits per heavy atom. The third-order valence-electron chi connectivity index (χ3n) is 3.85. The summed E-state index contributed by atoms with van der Waals surface area (Å²) in [7, 11) is 3.25. The zero-order valence-electron chi connectivity index (χ0n) is 14.3. The zero-order valence-corrected chi connectivity index (χ0v) is 15.1. The van der Waals surface area contributed by atoms with Crippen molar-refractivity contribution in [3.05, 3.63) is 60.7 Å². The molecule has 7 heteroatoms. The van der Waals surface area contributed by atoms with E-state index in [0.717, 1.165) is 21.3 Å². The van der Waals surface area contributed by atoms with Gasteiger partial charge in [-0.05, 0) is 30.3 Å². The van der Waals surface area contributed by atoms with E-state index in [4.69, 9.17) is 9.47 Å². The van der Waals surface area contributed by atoms with Crippen molar-refractivity contribution < 1.29 is 9.47 Å². The number of fused-ring (bicyclic) bond motifs is 1. The first kappa shape index (κ1) is 16.4. The smallest absolute Gasteiger partial charge is 0.185 e. The van der Waals surface area contributed by atoms with E-state index >= 15 is 0 Å². The molecule has 4 aromatic rings. The molecule has 6 nitrogen and oxygen atoms in total. The fraction of sp³-hybridized carbons (Fsp3) is 0.105. The van der Waals surface area contributed by atoms with Crippen LogP contribution in [0.5, 0.6) is 11.5 Å². The van der Waals surface area contributed by atoms with Gasteiger partial charge in [-0.15, -0.1) is 10.2 Å². The minimum absolute atomic E-state index is 0.688. The molecule has 0 aliphatic carbocycles. The number of hydrogen-bond donors (Lipinski definition) is 0. The summed E-state index contributed by atoms with van der Waals surface area (Å²) < 4.78 is 12.4. The van der Waals surface area contributed by atoms with Crippen molar-refractivity contribution in [3.63, 3.8) is 0 Å². The second kappa shape index (κ2) is 7.05. The molecule has 0 unspecified atom stereocenters. The van der Waals surface area contributed by atoms with Crippen molar-refractivity contribution in [2.45, 2.75) is 9.92 Å². The third kappa shape index (κ3) is 3.09. The van der Waals surface area contributed by atoms with Gasteiger partial charge in [0.2, 0.25) is 0 Å². The Hall–Kier alpha value is -3.06. The third-order valence-corrected chi connectivity index (χ3v) is 4.76. The van der Waals surface area contributed by atoms with Gasteiger partial charge in [-0.3, -0.25) is 0 Å². The normalized spacial score (nSPS) is 10.8. The molecule has 0 bridgehead atoms. The first-order valence-electron chi connectivity index (χ1n) is 7.96. The second-order valence-electron chi connectivity index (χ2n) is 5.45. The summed E-state index contributed by atoms with van der Waals surface area (Å²) in [6, 6.07) is 19.5. The minimum Gasteiger partial charge on any atom is -0.493 e. The van der Waals surface area contributed by atoms with Crippen LogP contribution in [0, 0.1) is 0 Å². The van der Waals surface area contributed by atoms with Crippen LogP contribution in [0.15, 0.2) is 70.6 Å². The van der Waals surface area contributed by atoms with Crippen molar-refractivity contribution in [1.82, 2.24) is 19.8 Å². The van der Waals surface area contributed by atoms with E-state index in [2.05, 4.69) is 15.3 Å². The largest absolute Gasteiger partial charge is 0.493 e. The molecule has 26 heavy (non-hydrogen) atoms. The van der Waals surface area contributed by atoms with Gasteiger partial charge >= 0.3 is 0 Å². The average Bonchev–Trinajstić information content (AvgIpc) is 3.12. The molecule has 4 rings (SSSR count). The molecule has 0 saturated carbocycles. The van der Waals surface area contributed by atoms with Crippen LogP contribution < -0.4 is 9.47 Å². The maximum absolute atomic E-state index is 5.37. The van der Waals surface area contributed by atoms with E-state index in [1.54, 1.807) is 18.7 Å². The van der Waals surface area contributed by atoms with Crippen molar-refractivity contribution >= 4 is 17.4 Å². The molecule has 2 heterocycles. The lowest BCUT2D eigenvalue weighted by Crippen LogP contribution is -1.96. The summed E-state index contributed by atoms with van der Waals surface area (Å²) in [6.07, 6.45) is 0. The molecular formula is C19H16N4O2S. The SMILES string of the molecule is COc1ccc(Sc2ccc3nnc(-c4ccccc4)n3n2)cc1OC. The molecule has 0 radical (unpaired) electrons. The molecule has 0 atom stereocenters. The van der Waals surface area contributed by atoms with E-state index in [-0.39, 0.29) is 0 Å². The predicted molar refractivity (Wildman–Crippen MR) is 99.9 cm³/mol. The zero-order chi connectivity index (χ0) is 17.9. The molecule has 0 saturated heterocycles. The van der Waals surface area contributed by atoms with Crippen LogP contribution in [-0.4, -0.2) is 34.0 Å². The summed E-state index contributed by atoms with van der Waals surface area (Å²) in [6.45, 7) is 0. The number of nitrogens with zero attached hydrogens (tertiary/aromatic N) is 4. The van der Waals surface area contributed by atoms with Gasteiger partial charge < -0.3 is 9.47 Å². The molecule has 0 aliphatic heterocycles. The number of ether oxygens (including phenoxy) is 2. The number of hydrogen-bond acceptors (Lipinski definition) is 6. The second-order valence-corrected chi connectivity index (χ2v) is 6.54. The molecule has 0 aliphatic rings. The molecular weight excluding hydrogens is 348 g/mol. The van der Waals surface area contributed by atoms with Crippen LogP contribution >= 0.6 is 11.8 Å². The van der Waals surface area contributed by atoms with Gasteiger partial charge in [0.25, 0.3) is 0 Å². The highest BCUT2D eigenvalue weighted by Crippen LogP contribution is 2.34. The van der Waals surface area contributed by atoms with Gasteiger partial charge in [-0.25, -0.2) is 0 Å². The Labute approximate surface area is 154 Å². The highest BCUT2D eigenvalue weighted by molar-refractivity contribution is 7.99. The maximum Gasteiger partial charge on any atom is 0.185 e. The Kier molecular flexibility index (Phi) is 4.45. The lowest BCUT2D eigenvalue weighted by Gasteiger charge is -2.09. The summed E-state index contributed by atoms with van der Waals surface area (Å²) in [5.74, 6) is 2.11. The van der Waals surface area contributed by atoms with Crippen LogP contribution in [-0.2, 0) is 0 Å². The molecule has 0 fully saturated rings. The van der Waals surface area contributed by atoms with Gasteiger partial charge in [-0.1, -0.05) is 42.1 Å². The first-order chi connectivity index (χ1) is 12.8. The summed E-state index contributed by atoms with van der Waals surface area (Å²) in [5, 5.41) is 14.0. The Morgan fingerprint density at radius 3 is 2.42 bits per heavy atom. The van der Waals surface area contributed by atoms with Crippen LogP contribution in [0.3, 0.4) is 0 Å². The minimum atomic E-state index is 0.688. The Morgan fingerprint density at radius 1 is 0.846 bits per heavy atom. The van der Waals surface area contributed by atoms with Gasteiger partial charge in [0, 0.05) is 10.5 Å². The lowest BCUT2D eigenvalue weighted by atomic mass is 10.2. The van der Waals surface area contributed by atoms with Crippen LogP contribution in [0.2, 0.25) is 0 Å². The maximum atomic E-state index is 5.37. The van der Waals surface area contributed by atoms with Crippen molar-refractivity contribution in [2.24, 2.45) is 0 Å². The van der Waals surface area contributed by atoms with E-state index < -0.39 is 0 Å². The first-order valence-corrected chi connectivity index (χ1v) is 8.78. The van der Waals surface area contributed by atoms with Crippen molar-refractivity contribution in [3.8, 4) is 22.9 Å². The Bertz CT molecular complexity index is 1050. The summed E-state index contributed by atoms with van der Waals surface area (Å²) in [4.78, 5) is 1.00. The van der Waals surface area contributed by atoms with Gasteiger partial charge in [0.05, 0.1) is 14.2 Å². The van der Waals surface area contributed by atoms with E-state index in [1.807, 2.05) is 60.7 Å². The fourth-order valence-corrected chi connectivity index (χ4v) is 3.40. The number of rotatable bonds is 5. The lowest BCUT2D eigenvalue weighted by molar-refractivity contribution is 0.354. The molecule has 2 aromatic heterocycles. The predicted octanol–water partition coefficient (Wildman–Crippen LogP) is 3.96. The standard InChI is InChI=1S/C19H16N4O2S/c1-24-15-9-8-14(12-16(15)25-2)26-18-11-10-17-20-21-19(23(17)22-18)13-6-4-3-5-7-13/h3-12H,1-2H3. The average molecular weight is 364 g/mol. The molecule has 0 N–H and O–H groups in total. The van der Waals surface area contributed by atoms with Gasteiger partial charge in [-0.2, -0.15) is 9.61 Å². The number of methoxy groups -OCH3 is 2. The quantitative estimate of drug-likeness (QED) is 0.534. The van der Waals surface area contributed by atoms with Crippen molar-refractivity contribution in [1.29, 1.82) is 0 Å². The highest BCUT2D eigenvalue weighted by Gasteiger charge is 2.11. The van der Waals surface area contributed by atoms with Gasteiger partial charge in [0.15, 0.2) is 23.0 Å². The van der Waals surface area contributed by atoms with E-state index in [0.29, 0.717) is 17.1 Å². The molecule has 130 valence electrons. The number of benzene rings is 2. The summed E-state index contributed by atoms with van der Waals surface area (Å²) >= 11 is 1.54. The topological polar surface area (TPSA) is 61.5 Å². The number of aromatic nitrogens is 4. The molecule has 0 amide bonds. The van der Waals surface area contributed by atoms with Gasteiger partial charge in [0.1, 0.15) is 5.03 Å². The highest BCUT2D eigenvalue weighted by atomic mass is 32.2. The molecule has 0 spiro atoms. The van der Waals surface area contributed by atoms with E-state index in [1.165, 1.54) is 11.8 Å². The monoisotopic (exact) mass is 364 g/mol.